The third kappa shape index (κ3) is 5.08. The molecule has 0 saturated carbocycles. The van der Waals surface area contributed by atoms with Gasteiger partial charge in [0.25, 0.3) is 0 Å². The molecule has 7 nitrogen and oxygen atoms in total. The lowest BCUT2D eigenvalue weighted by atomic mass is 9.72. The third-order valence-electron chi connectivity index (χ3n) is 8.94. The minimum absolute atomic E-state index is 0.0397. The highest BCUT2D eigenvalue weighted by Crippen LogP contribution is 2.41. The Morgan fingerprint density at radius 1 is 0.977 bits per heavy atom. The van der Waals surface area contributed by atoms with E-state index in [0.717, 1.165) is 84.8 Å². The Hall–Kier alpha value is -4.82. The number of carbonyl (C=O) groups excluding carboxylic acids is 1. The smallest absolute Gasteiger partial charge is 0.245 e. The number of hydrogen-bond donors (Lipinski definition) is 1. The number of amides is 1. The number of fused-ring (bicyclic) bond motifs is 1. The zero-order chi connectivity index (χ0) is 29.6. The lowest BCUT2D eigenvalue weighted by Gasteiger charge is -2.54. The van der Waals surface area contributed by atoms with Crippen molar-refractivity contribution in [2.75, 3.05) is 31.9 Å². The summed E-state index contributed by atoms with van der Waals surface area (Å²) < 4.78 is 15.7. The van der Waals surface area contributed by atoms with Crippen LogP contribution < -0.4 is 5.73 Å². The van der Waals surface area contributed by atoms with Gasteiger partial charge >= 0.3 is 0 Å². The van der Waals surface area contributed by atoms with Crippen LogP contribution in [-0.2, 0) is 11.3 Å². The molecule has 2 aliphatic rings. The first-order valence-corrected chi connectivity index (χ1v) is 14.6. The van der Waals surface area contributed by atoms with E-state index in [1.807, 2.05) is 29.2 Å². The lowest BCUT2D eigenvalue weighted by molar-refractivity contribution is -0.131. The van der Waals surface area contributed by atoms with E-state index in [4.69, 9.17) is 10.7 Å². The molecule has 8 heteroatoms. The van der Waals surface area contributed by atoms with Gasteiger partial charge in [-0.15, -0.1) is 0 Å². The summed E-state index contributed by atoms with van der Waals surface area (Å²) in [4.78, 5) is 25.6. The van der Waals surface area contributed by atoms with Gasteiger partial charge in [0, 0.05) is 44.6 Å². The minimum atomic E-state index is -0.261. The number of carbonyl (C=O) groups is 1. The summed E-state index contributed by atoms with van der Waals surface area (Å²) >= 11 is 0. The van der Waals surface area contributed by atoms with E-state index in [-0.39, 0.29) is 11.7 Å². The van der Waals surface area contributed by atoms with Gasteiger partial charge in [-0.2, -0.15) is 0 Å². The van der Waals surface area contributed by atoms with Crippen molar-refractivity contribution in [2.45, 2.75) is 19.4 Å². The largest absolute Gasteiger partial charge is 0.383 e. The molecule has 2 fully saturated rings. The number of likely N-dealkylation sites (tertiary alicyclic amines) is 2. The van der Waals surface area contributed by atoms with Crippen LogP contribution in [0, 0.1) is 11.2 Å². The minimum Gasteiger partial charge on any atom is -0.383 e. The number of piperidine rings is 1. The molecule has 43 heavy (non-hydrogen) atoms. The maximum absolute atomic E-state index is 13.6. The van der Waals surface area contributed by atoms with Crippen molar-refractivity contribution in [3.05, 3.63) is 109 Å². The average molecular weight is 573 g/mol. The maximum atomic E-state index is 13.6. The van der Waals surface area contributed by atoms with Crippen LogP contribution >= 0.6 is 0 Å². The molecule has 216 valence electrons. The van der Waals surface area contributed by atoms with Gasteiger partial charge in [0.05, 0.1) is 16.6 Å². The molecule has 2 saturated heterocycles. The SMILES string of the molecule is C=CC(=O)N1CCC2(CC1)CN(Cc1ccc(-n3c(-c4cccnc4N)nc4ccc(-c5ccc(F)cc5)cc43)cc1)C2. The molecule has 2 N–H and O–H groups in total. The maximum Gasteiger partial charge on any atom is 0.245 e. The van der Waals surface area contributed by atoms with E-state index in [2.05, 4.69) is 51.4 Å². The fraction of sp³-hybridized carbons (Fsp3) is 0.229. The van der Waals surface area contributed by atoms with Gasteiger partial charge in [0.1, 0.15) is 17.5 Å². The van der Waals surface area contributed by atoms with Crippen molar-refractivity contribution in [2.24, 2.45) is 5.41 Å². The van der Waals surface area contributed by atoms with E-state index in [1.54, 1.807) is 18.3 Å². The second kappa shape index (κ2) is 10.8. The topological polar surface area (TPSA) is 80.3 Å². The summed E-state index contributed by atoms with van der Waals surface area (Å²) in [5, 5.41) is 0. The van der Waals surface area contributed by atoms with Crippen LogP contribution in [0.15, 0.2) is 97.7 Å². The number of pyridine rings is 1. The van der Waals surface area contributed by atoms with E-state index in [0.29, 0.717) is 11.2 Å². The Labute approximate surface area is 250 Å². The predicted molar refractivity (Wildman–Crippen MR) is 168 cm³/mol. The van der Waals surface area contributed by atoms with E-state index in [1.165, 1.54) is 23.8 Å². The molecule has 1 amide bonds. The number of halogens is 1. The van der Waals surface area contributed by atoms with Gasteiger partial charge in [-0.05, 0) is 89.6 Å². The van der Waals surface area contributed by atoms with Crippen molar-refractivity contribution < 1.29 is 9.18 Å². The van der Waals surface area contributed by atoms with Crippen LogP contribution in [0.2, 0.25) is 0 Å². The second-order valence-corrected chi connectivity index (χ2v) is 11.8. The molecule has 0 aliphatic carbocycles. The van der Waals surface area contributed by atoms with Gasteiger partial charge in [-0.1, -0.05) is 36.9 Å². The van der Waals surface area contributed by atoms with Crippen molar-refractivity contribution in [1.82, 2.24) is 24.3 Å². The summed E-state index contributed by atoms with van der Waals surface area (Å²) in [6.07, 6.45) is 5.20. The summed E-state index contributed by atoms with van der Waals surface area (Å²) in [6, 6.07) is 25.0. The summed E-state index contributed by atoms with van der Waals surface area (Å²) in [6.45, 7) is 8.27. The van der Waals surface area contributed by atoms with Crippen LogP contribution in [0.5, 0.6) is 0 Å². The summed E-state index contributed by atoms with van der Waals surface area (Å²) in [5.74, 6) is 0.914. The Morgan fingerprint density at radius 3 is 2.40 bits per heavy atom. The number of aromatic nitrogens is 3. The number of imidazole rings is 1. The normalized spacial score (nSPS) is 16.3. The number of hydrogen-bond acceptors (Lipinski definition) is 5. The fourth-order valence-corrected chi connectivity index (χ4v) is 6.62. The van der Waals surface area contributed by atoms with Crippen molar-refractivity contribution in [1.29, 1.82) is 0 Å². The van der Waals surface area contributed by atoms with Crippen molar-refractivity contribution in [3.63, 3.8) is 0 Å². The average Bonchev–Trinajstić information content (AvgIpc) is 3.40. The lowest BCUT2D eigenvalue weighted by Crippen LogP contribution is -2.60. The molecular formula is C35H33FN6O. The monoisotopic (exact) mass is 572 g/mol. The quantitative estimate of drug-likeness (QED) is 0.249. The molecule has 2 aliphatic heterocycles. The number of nitrogens with zero attached hydrogens (tertiary/aromatic N) is 5. The first kappa shape index (κ1) is 27.0. The number of benzene rings is 3. The van der Waals surface area contributed by atoms with Gasteiger partial charge in [-0.25, -0.2) is 14.4 Å². The number of nitrogen functional groups attached to an aromatic ring is 1. The Morgan fingerprint density at radius 2 is 1.70 bits per heavy atom. The first-order chi connectivity index (χ1) is 20.9. The first-order valence-electron chi connectivity index (χ1n) is 14.6. The van der Waals surface area contributed by atoms with E-state index < -0.39 is 0 Å². The summed E-state index contributed by atoms with van der Waals surface area (Å²) in [7, 11) is 0. The van der Waals surface area contributed by atoms with Gasteiger partial charge in [-0.3, -0.25) is 14.3 Å². The molecule has 0 atom stereocenters. The van der Waals surface area contributed by atoms with Crippen molar-refractivity contribution >= 4 is 22.8 Å². The number of nitrogens with two attached hydrogens (primary N) is 1. The van der Waals surface area contributed by atoms with Gasteiger partial charge in [0.2, 0.25) is 5.91 Å². The Kier molecular flexibility index (Phi) is 6.78. The molecule has 0 unspecified atom stereocenters. The van der Waals surface area contributed by atoms with Gasteiger partial charge < -0.3 is 10.6 Å². The fourth-order valence-electron chi connectivity index (χ4n) is 6.62. The molecule has 5 aromatic rings. The van der Waals surface area contributed by atoms with Crippen LogP contribution in [0.1, 0.15) is 18.4 Å². The number of anilines is 1. The van der Waals surface area contributed by atoms with Crippen LogP contribution in [0.4, 0.5) is 10.2 Å². The summed E-state index contributed by atoms with van der Waals surface area (Å²) in [5.41, 5.74) is 13.3. The zero-order valence-electron chi connectivity index (χ0n) is 23.9. The molecule has 1 spiro atoms. The van der Waals surface area contributed by atoms with Gasteiger partial charge in [0.15, 0.2) is 0 Å². The molecule has 4 heterocycles. The van der Waals surface area contributed by atoms with E-state index in [9.17, 15) is 9.18 Å². The molecule has 3 aromatic carbocycles. The predicted octanol–water partition coefficient (Wildman–Crippen LogP) is 6.09. The van der Waals surface area contributed by atoms with E-state index >= 15 is 0 Å². The molecular weight excluding hydrogens is 539 g/mol. The highest BCUT2D eigenvalue weighted by atomic mass is 19.1. The zero-order valence-corrected chi connectivity index (χ0v) is 23.9. The highest BCUT2D eigenvalue weighted by Gasteiger charge is 2.44. The third-order valence-corrected chi connectivity index (χ3v) is 8.94. The number of rotatable bonds is 6. The Bertz CT molecular complexity index is 1810. The standard InChI is InChI=1S/C35H33FN6O/c1-2-32(43)41-18-15-35(16-19-41)22-40(23-35)21-24-5-12-28(13-6-24)42-31-20-26(25-7-10-27(36)11-8-25)9-14-30(31)39-34(42)29-4-3-17-38-33(29)37/h2-14,17,20H,1,15-16,18-19,21-23H2,(H2,37,38). The molecule has 2 aromatic heterocycles. The second-order valence-electron chi connectivity index (χ2n) is 11.8. The van der Waals surface area contributed by atoms with Crippen LogP contribution in [0.3, 0.4) is 0 Å². The van der Waals surface area contributed by atoms with Crippen LogP contribution in [0.25, 0.3) is 39.2 Å². The van der Waals surface area contributed by atoms with Crippen LogP contribution in [-0.4, -0.2) is 56.4 Å². The Balaban J connectivity index is 1.16. The van der Waals surface area contributed by atoms with Crippen molar-refractivity contribution in [3.8, 4) is 28.2 Å². The molecule has 0 radical (unpaired) electrons. The molecule has 0 bridgehead atoms. The molecule has 7 rings (SSSR count). The highest BCUT2D eigenvalue weighted by molar-refractivity contribution is 5.89.